The van der Waals surface area contributed by atoms with Crippen molar-refractivity contribution in [3.05, 3.63) is 65.4 Å². The van der Waals surface area contributed by atoms with E-state index in [0.717, 1.165) is 12.1 Å². The molecule has 0 spiro atoms. The summed E-state index contributed by atoms with van der Waals surface area (Å²) in [7, 11) is 1.64. The summed E-state index contributed by atoms with van der Waals surface area (Å²) in [5.74, 6) is 1.37. The number of rotatable bonds is 11. The molecule has 0 atom stereocenters. The first kappa shape index (κ1) is 22.1. The van der Waals surface area contributed by atoms with Crippen molar-refractivity contribution in [2.75, 3.05) is 26.0 Å². The van der Waals surface area contributed by atoms with Crippen LogP contribution < -0.4 is 10.1 Å². The Hall–Kier alpha value is -2.55. The SMILES string of the molecule is COCCCNC(=O)CSc1nnc(COc2ccccc2Cl)n1-c1ccccc1. The van der Waals surface area contributed by atoms with Crippen LogP contribution in [0.3, 0.4) is 0 Å². The van der Waals surface area contributed by atoms with Crippen molar-refractivity contribution in [2.45, 2.75) is 18.2 Å². The number of halogens is 1. The van der Waals surface area contributed by atoms with Crippen LogP contribution in [0.1, 0.15) is 12.2 Å². The molecule has 9 heteroatoms. The summed E-state index contributed by atoms with van der Waals surface area (Å²) in [6.45, 7) is 1.38. The highest BCUT2D eigenvalue weighted by Gasteiger charge is 2.16. The summed E-state index contributed by atoms with van der Waals surface area (Å²) in [6.07, 6.45) is 0.774. The lowest BCUT2D eigenvalue weighted by molar-refractivity contribution is -0.118. The lowest BCUT2D eigenvalue weighted by Crippen LogP contribution is -2.27. The Bertz CT molecular complexity index is 952. The summed E-state index contributed by atoms with van der Waals surface area (Å²) < 4.78 is 12.7. The maximum Gasteiger partial charge on any atom is 0.230 e. The van der Waals surface area contributed by atoms with E-state index < -0.39 is 0 Å². The lowest BCUT2D eigenvalue weighted by atomic mass is 10.3. The number of methoxy groups -OCH3 is 1. The fraction of sp³-hybridized carbons (Fsp3) is 0.286. The Labute approximate surface area is 184 Å². The lowest BCUT2D eigenvalue weighted by Gasteiger charge is -2.11. The van der Waals surface area contributed by atoms with Gasteiger partial charge in [-0.1, -0.05) is 53.7 Å². The summed E-state index contributed by atoms with van der Waals surface area (Å²) in [6, 6.07) is 17.0. The van der Waals surface area contributed by atoms with Crippen molar-refractivity contribution in [3.63, 3.8) is 0 Å². The molecule has 0 saturated carbocycles. The molecular weight excluding hydrogens is 424 g/mol. The fourth-order valence-electron chi connectivity index (χ4n) is 2.65. The van der Waals surface area contributed by atoms with Gasteiger partial charge in [-0.25, -0.2) is 0 Å². The Morgan fingerprint density at radius 3 is 2.67 bits per heavy atom. The molecule has 1 aromatic heterocycles. The minimum absolute atomic E-state index is 0.0624. The predicted molar refractivity (Wildman–Crippen MR) is 117 cm³/mol. The number of hydrogen-bond donors (Lipinski definition) is 1. The van der Waals surface area contributed by atoms with Gasteiger partial charge in [-0.2, -0.15) is 0 Å². The third kappa shape index (κ3) is 6.22. The first-order valence-electron chi connectivity index (χ1n) is 9.44. The second-order valence-electron chi connectivity index (χ2n) is 6.27. The zero-order valence-corrected chi connectivity index (χ0v) is 18.2. The number of thioether (sulfide) groups is 1. The number of amides is 1. The molecule has 1 N–H and O–H groups in total. The van der Waals surface area contributed by atoms with Crippen LogP contribution in [-0.4, -0.2) is 46.7 Å². The van der Waals surface area contributed by atoms with Crippen LogP contribution in [0.25, 0.3) is 5.69 Å². The third-order valence-electron chi connectivity index (χ3n) is 4.09. The van der Waals surface area contributed by atoms with Gasteiger partial charge in [0.1, 0.15) is 12.4 Å². The molecular formula is C21H23ClN4O3S. The Morgan fingerprint density at radius 2 is 1.90 bits per heavy atom. The molecule has 0 radical (unpaired) electrons. The van der Waals surface area contributed by atoms with Crippen molar-refractivity contribution in [2.24, 2.45) is 0 Å². The van der Waals surface area contributed by atoms with Crippen LogP contribution in [0.2, 0.25) is 5.02 Å². The molecule has 3 aromatic rings. The highest BCUT2D eigenvalue weighted by molar-refractivity contribution is 7.99. The molecule has 30 heavy (non-hydrogen) atoms. The first-order chi connectivity index (χ1) is 14.7. The molecule has 0 aliphatic rings. The van der Waals surface area contributed by atoms with Crippen molar-refractivity contribution in [3.8, 4) is 11.4 Å². The molecule has 0 fully saturated rings. The van der Waals surface area contributed by atoms with Crippen molar-refractivity contribution >= 4 is 29.3 Å². The number of carbonyl (C=O) groups excluding carboxylic acids is 1. The van der Waals surface area contributed by atoms with E-state index in [9.17, 15) is 4.79 Å². The van der Waals surface area contributed by atoms with E-state index in [1.165, 1.54) is 11.8 Å². The van der Waals surface area contributed by atoms with Gasteiger partial charge < -0.3 is 14.8 Å². The molecule has 1 amide bonds. The van der Waals surface area contributed by atoms with Gasteiger partial charge in [0.25, 0.3) is 0 Å². The van der Waals surface area contributed by atoms with E-state index >= 15 is 0 Å². The van der Waals surface area contributed by atoms with Gasteiger partial charge >= 0.3 is 0 Å². The van der Waals surface area contributed by atoms with Crippen LogP contribution in [0.5, 0.6) is 5.75 Å². The van der Waals surface area contributed by atoms with E-state index in [1.54, 1.807) is 19.2 Å². The van der Waals surface area contributed by atoms with Crippen LogP contribution in [0, 0.1) is 0 Å². The van der Waals surface area contributed by atoms with E-state index in [1.807, 2.05) is 47.0 Å². The number of carbonyl (C=O) groups is 1. The van der Waals surface area contributed by atoms with Crippen molar-refractivity contribution in [1.82, 2.24) is 20.1 Å². The monoisotopic (exact) mass is 446 g/mol. The van der Waals surface area contributed by atoms with Gasteiger partial charge in [-0.15, -0.1) is 10.2 Å². The average molecular weight is 447 g/mol. The van der Waals surface area contributed by atoms with Crippen molar-refractivity contribution in [1.29, 1.82) is 0 Å². The van der Waals surface area contributed by atoms with Gasteiger partial charge in [0, 0.05) is 25.9 Å². The minimum Gasteiger partial charge on any atom is -0.484 e. The molecule has 0 aliphatic heterocycles. The molecule has 0 bridgehead atoms. The summed E-state index contributed by atoms with van der Waals surface area (Å²) in [4.78, 5) is 12.1. The molecule has 2 aromatic carbocycles. The maximum atomic E-state index is 12.1. The number of hydrogen-bond acceptors (Lipinski definition) is 6. The quantitative estimate of drug-likeness (QED) is 0.357. The third-order valence-corrected chi connectivity index (χ3v) is 5.33. The van der Waals surface area contributed by atoms with E-state index in [2.05, 4.69) is 15.5 Å². The number of nitrogens with one attached hydrogen (secondary N) is 1. The smallest absolute Gasteiger partial charge is 0.230 e. The fourth-order valence-corrected chi connectivity index (χ4v) is 3.64. The van der Waals surface area contributed by atoms with Crippen LogP contribution in [0.4, 0.5) is 0 Å². The number of ether oxygens (including phenoxy) is 2. The molecule has 3 rings (SSSR count). The van der Waals surface area contributed by atoms with Gasteiger partial charge in [-0.3, -0.25) is 9.36 Å². The summed E-state index contributed by atoms with van der Waals surface area (Å²) in [5, 5.41) is 12.6. The highest BCUT2D eigenvalue weighted by atomic mass is 35.5. The number of aromatic nitrogens is 3. The molecule has 158 valence electrons. The number of nitrogens with zero attached hydrogens (tertiary/aromatic N) is 3. The average Bonchev–Trinajstić information content (AvgIpc) is 3.18. The van der Waals surface area contributed by atoms with Gasteiger partial charge in [0.2, 0.25) is 5.91 Å². The van der Waals surface area contributed by atoms with Crippen LogP contribution >= 0.6 is 23.4 Å². The molecule has 1 heterocycles. The maximum absolute atomic E-state index is 12.1. The number of para-hydroxylation sites is 2. The minimum atomic E-state index is -0.0624. The zero-order valence-electron chi connectivity index (χ0n) is 16.6. The molecule has 0 aliphatic carbocycles. The Kier molecular flexibility index (Phi) is 8.55. The van der Waals surface area contributed by atoms with E-state index in [4.69, 9.17) is 21.1 Å². The van der Waals surface area contributed by atoms with E-state index in [-0.39, 0.29) is 18.3 Å². The van der Waals surface area contributed by atoms with Crippen molar-refractivity contribution < 1.29 is 14.3 Å². The molecule has 0 unspecified atom stereocenters. The summed E-state index contributed by atoms with van der Waals surface area (Å²) in [5.41, 5.74) is 0.892. The standard InChI is InChI=1S/C21H23ClN4O3S/c1-28-13-7-12-23-20(27)15-30-21-25-24-19(26(21)16-8-3-2-4-9-16)14-29-18-11-6-5-10-17(18)22/h2-6,8-11H,7,12-15H2,1H3,(H,23,27). The molecule has 0 saturated heterocycles. The molecule has 7 nitrogen and oxygen atoms in total. The highest BCUT2D eigenvalue weighted by Crippen LogP contribution is 2.26. The predicted octanol–water partition coefficient (Wildman–Crippen LogP) is 3.74. The van der Waals surface area contributed by atoms with E-state index in [0.29, 0.717) is 34.9 Å². The van der Waals surface area contributed by atoms with Gasteiger partial charge in [0.05, 0.1) is 10.8 Å². The van der Waals surface area contributed by atoms with Crippen LogP contribution in [-0.2, 0) is 16.1 Å². The summed E-state index contributed by atoms with van der Waals surface area (Å²) >= 11 is 7.50. The largest absolute Gasteiger partial charge is 0.484 e. The van der Waals surface area contributed by atoms with Gasteiger partial charge in [0.15, 0.2) is 11.0 Å². The Balaban J connectivity index is 1.70. The number of benzene rings is 2. The Morgan fingerprint density at radius 1 is 1.13 bits per heavy atom. The second-order valence-corrected chi connectivity index (χ2v) is 7.62. The normalized spacial score (nSPS) is 10.7. The zero-order chi connectivity index (χ0) is 21.2. The van der Waals surface area contributed by atoms with Crippen LogP contribution in [0.15, 0.2) is 59.8 Å². The second kappa shape index (κ2) is 11.6. The van der Waals surface area contributed by atoms with Gasteiger partial charge in [-0.05, 0) is 30.7 Å². The first-order valence-corrected chi connectivity index (χ1v) is 10.8. The topological polar surface area (TPSA) is 78.3 Å².